The lowest BCUT2D eigenvalue weighted by molar-refractivity contribution is -0.142. The van der Waals surface area contributed by atoms with Crippen LogP contribution in [0.25, 0.3) is 33.5 Å². The van der Waals surface area contributed by atoms with E-state index in [0.717, 1.165) is 31.1 Å². The minimum atomic E-state index is -4.50. The van der Waals surface area contributed by atoms with Gasteiger partial charge in [-0.05, 0) is 114 Å². The number of allylic oxidation sites excluding steroid dienone is 1. The maximum Gasteiger partial charge on any atom is 0.415 e. The predicted molar refractivity (Wildman–Crippen MR) is 289 cm³/mol. The molecule has 0 aliphatic heterocycles. The van der Waals surface area contributed by atoms with Crippen molar-refractivity contribution in [3.8, 4) is 6.07 Å². The number of carbonyl (C=O) groups excluding carboxylic acids is 3. The average molecular weight is 1050 g/mol. The molecule has 1 heterocycles. The lowest BCUT2D eigenvalue weighted by Crippen LogP contribution is -2.48. The number of nitriles is 1. The number of sulfonamides is 2. The molecule has 0 spiro atoms. The van der Waals surface area contributed by atoms with Gasteiger partial charge in [-0.25, -0.2) is 26.6 Å². The Bertz CT molecular complexity index is 3450. The molecule has 384 valence electrons. The molecule has 18 heteroatoms. The van der Waals surface area contributed by atoms with Crippen LogP contribution < -0.4 is 19.7 Å². The highest BCUT2D eigenvalue weighted by molar-refractivity contribution is 7.93. The largest absolute Gasteiger partial charge is 0.435 e. The summed E-state index contributed by atoms with van der Waals surface area (Å²) in [4.78, 5) is 48.7. The third-order valence-electron chi connectivity index (χ3n) is 12.6. The van der Waals surface area contributed by atoms with Crippen LogP contribution >= 0.6 is 11.6 Å². The van der Waals surface area contributed by atoms with E-state index in [0.29, 0.717) is 51.5 Å². The number of anilines is 4. The van der Waals surface area contributed by atoms with Crippen LogP contribution in [0.5, 0.6) is 0 Å². The molecule has 7 rings (SSSR count). The molecule has 2 amide bonds. The fourth-order valence-corrected chi connectivity index (χ4v) is 11.5. The molecule has 3 N–H and O–H groups in total. The number of Topliss-reactive ketones (excluding diaryl/α,β-unsaturated/α-hetero) is 1. The highest BCUT2D eigenvalue weighted by Gasteiger charge is 2.41. The van der Waals surface area contributed by atoms with E-state index in [4.69, 9.17) is 25.7 Å². The molecular weight excluding hydrogens is 988 g/mol. The first-order valence-corrected chi connectivity index (χ1v) is 27.6. The summed E-state index contributed by atoms with van der Waals surface area (Å²) in [5.41, 5.74) is 2.78. The van der Waals surface area contributed by atoms with Crippen molar-refractivity contribution in [2.45, 2.75) is 117 Å². The summed E-state index contributed by atoms with van der Waals surface area (Å²) < 4.78 is 69.5. The highest BCUT2D eigenvalue weighted by Crippen LogP contribution is 2.39. The summed E-state index contributed by atoms with van der Waals surface area (Å²) in [5.74, 6) is -1.59. The van der Waals surface area contributed by atoms with Gasteiger partial charge in [0, 0.05) is 22.5 Å². The van der Waals surface area contributed by atoms with Crippen LogP contribution in [0.2, 0.25) is 5.02 Å². The number of carbonyl (C=O) groups is 3. The molecule has 1 fully saturated rings. The SMILES string of the molecule is Cc1cc(N(C(=O)OC(C(=O)Nc2cc(NS(=O)(=O)c3ccc4ccccc4c3NS(C)(=O)=O)ccc2Cl)C(=O)C(C)(C)C)C2CCCC2)ccc1/C=C(\C#N)c1nc2cc(C(C)(C)CC(C)(C)C)ccc2o1. The molecule has 1 saturated carbocycles. The zero-order valence-corrected chi connectivity index (χ0v) is 45.0. The first-order chi connectivity index (χ1) is 34.0. The Morgan fingerprint density at radius 3 is 2.25 bits per heavy atom. The van der Waals surface area contributed by atoms with Gasteiger partial charge in [-0.2, -0.15) is 5.26 Å². The fraction of sp³-hybridized carbons (Fsp3) is 0.364. The van der Waals surface area contributed by atoms with Crippen molar-refractivity contribution in [2.24, 2.45) is 10.8 Å². The third kappa shape index (κ3) is 12.7. The van der Waals surface area contributed by atoms with Crippen molar-refractivity contribution >= 4 is 106 Å². The Morgan fingerprint density at radius 1 is 0.904 bits per heavy atom. The second-order valence-electron chi connectivity index (χ2n) is 21.5. The third-order valence-corrected chi connectivity index (χ3v) is 14.9. The molecule has 0 radical (unpaired) electrons. The Kier molecular flexibility index (Phi) is 15.3. The molecule has 0 bridgehead atoms. The molecule has 1 aromatic heterocycles. The number of ether oxygens (including phenoxy) is 1. The number of nitrogens with zero attached hydrogens (tertiary/aromatic N) is 3. The van der Waals surface area contributed by atoms with E-state index in [2.05, 4.69) is 55.4 Å². The fourth-order valence-electron chi connectivity index (χ4n) is 9.42. The highest BCUT2D eigenvalue weighted by atomic mass is 35.5. The molecule has 1 atom stereocenters. The van der Waals surface area contributed by atoms with Gasteiger partial charge in [0.25, 0.3) is 15.9 Å². The van der Waals surface area contributed by atoms with Crippen molar-refractivity contribution in [3.63, 3.8) is 0 Å². The van der Waals surface area contributed by atoms with Crippen molar-refractivity contribution < 1.29 is 40.4 Å². The monoisotopic (exact) mass is 1050 g/mol. The number of halogens is 1. The van der Waals surface area contributed by atoms with E-state index in [9.17, 15) is 36.5 Å². The number of ketones is 1. The molecule has 1 aliphatic carbocycles. The van der Waals surface area contributed by atoms with E-state index >= 15 is 0 Å². The molecule has 5 aromatic carbocycles. The minimum absolute atomic E-state index is 0.0349. The number of hydrogen-bond acceptors (Lipinski definition) is 11. The lowest BCUT2D eigenvalue weighted by Gasteiger charge is -2.32. The lowest BCUT2D eigenvalue weighted by atomic mass is 9.72. The van der Waals surface area contributed by atoms with Gasteiger partial charge in [0.1, 0.15) is 22.1 Å². The van der Waals surface area contributed by atoms with Crippen molar-refractivity contribution in [1.29, 1.82) is 5.26 Å². The number of aromatic nitrogens is 1. The van der Waals surface area contributed by atoms with Gasteiger partial charge in [-0.3, -0.25) is 23.9 Å². The summed E-state index contributed by atoms with van der Waals surface area (Å²) in [7, 11) is -8.43. The second kappa shape index (κ2) is 20.6. The van der Waals surface area contributed by atoms with E-state index < -0.39 is 49.3 Å². The summed E-state index contributed by atoms with van der Waals surface area (Å²) >= 11 is 6.55. The van der Waals surface area contributed by atoms with Gasteiger partial charge in [-0.15, -0.1) is 0 Å². The molecule has 6 aromatic rings. The van der Waals surface area contributed by atoms with Crippen LogP contribution in [0.15, 0.2) is 100 Å². The van der Waals surface area contributed by atoms with Gasteiger partial charge in [0.2, 0.25) is 22.0 Å². The van der Waals surface area contributed by atoms with Crippen LogP contribution in [0.1, 0.15) is 110 Å². The maximum atomic E-state index is 14.5. The summed E-state index contributed by atoms with van der Waals surface area (Å²) in [6.07, 6.45) is 3.55. The summed E-state index contributed by atoms with van der Waals surface area (Å²) in [6, 6.07) is 26.4. The van der Waals surface area contributed by atoms with Crippen LogP contribution in [0.3, 0.4) is 0 Å². The van der Waals surface area contributed by atoms with Gasteiger partial charge in [0.05, 0.1) is 28.3 Å². The normalized spacial score (nSPS) is 14.4. The van der Waals surface area contributed by atoms with E-state index in [1.54, 1.807) is 69.3 Å². The van der Waals surface area contributed by atoms with Gasteiger partial charge in [0.15, 0.2) is 11.4 Å². The Labute approximate surface area is 432 Å². The number of hydrogen-bond donors (Lipinski definition) is 3. The topological polar surface area (TPSA) is 218 Å². The molecule has 15 nitrogen and oxygen atoms in total. The standard InChI is InChI=1S/C55H61ClN6O9S2/c1-33-27-40(23-19-35(33)28-36(31-57)51-59-44-29-37(21-25-45(44)70-51)55(8,9)32-53(2,3)4)62(39-16-12-13-17-39)52(65)71-48(49(63)54(5,6)7)50(64)58-43-30-38(22-24-42(43)56)60-73(68,69)46-26-20-34-15-11-14-18-41(34)47(46)61-72(10,66)67/h11,14-15,18-30,39,48,60-61H,12-13,16-17,32H2,1-10H3,(H,58,64)/b36-28+. The van der Waals surface area contributed by atoms with Gasteiger partial charge in [-0.1, -0.05) is 122 Å². The van der Waals surface area contributed by atoms with Gasteiger partial charge < -0.3 is 14.5 Å². The maximum absolute atomic E-state index is 14.5. The smallest absolute Gasteiger partial charge is 0.415 e. The summed E-state index contributed by atoms with van der Waals surface area (Å²) in [6.45, 7) is 17.6. The van der Waals surface area contributed by atoms with Crippen LogP contribution in [-0.2, 0) is 39.8 Å². The van der Waals surface area contributed by atoms with E-state index in [1.165, 1.54) is 35.2 Å². The first-order valence-electron chi connectivity index (χ1n) is 23.8. The van der Waals surface area contributed by atoms with E-state index in [1.807, 2.05) is 25.1 Å². The molecule has 73 heavy (non-hydrogen) atoms. The van der Waals surface area contributed by atoms with Crippen molar-refractivity contribution in [1.82, 2.24) is 4.98 Å². The number of aryl methyl sites for hydroxylation is 1. The van der Waals surface area contributed by atoms with Crippen LogP contribution in [0, 0.1) is 29.1 Å². The second-order valence-corrected chi connectivity index (χ2v) is 25.3. The number of fused-ring (bicyclic) bond motifs is 2. The zero-order valence-electron chi connectivity index (χ0n) is 42.6. The minimum Gasteiger partial charge on any atom is -0.435 e. The number of nitrogens with one attached hydrogen (secondary N) is 3. The van der Waals surface area contributed by atoms with Gasteiger partial charge >= 0.3 is 6.09 Å². The number of rotatable bonds is 15. The number of oxazole rings is 1. The van der Waals surface area contributed by atoms with Crippen LogP contribution in [-0.4, -0.2) is 58.0 Å². The molecule has 1 unspecified atom stereocenters. The Morgan fingerprint density at radius 2 is 1.60 bits per heavy atom. The summed E-state index contributed by atoms with van der Waals surface area (Å²) in [5, 5.41) is 13.8. The Hall–Kier alpha value is -6.74. The van der Waals surface area contributed by atoms with Crippen molar-refractivity contribution in [2.75, 3.05) is 25.9 Å². The molecule has 0 saturated heterocycles. The molecule has 1 aliphatic rings. The Balaban J connectivity index is 1.14. The predicted octanol–water partition coefficient (Wildman–Crippen LogP) is 12.4. The number of benzene rings is 5. The number of amides is 2. The zero-order chi connectivity index (χ0) is 53.4. The molecular formula is C55H61ClN6O9S2. The van der Waals surface area contributed by atoms with Crippen molar-refractivity contribution in [3.05, 3.63) is 119 Å². The quantitative estimate of drug-likeness (QED) is 0.0649. The van der Waals surface area contributed by atoms with Crippen LogP contribution in [0.4, 0.5) is 27.5 Å². The first kappa shape index (κ1) is 54.0. The average Bonchev–Trinajstić information content (AvgIpc) is 3.98. The van der Waals surface area contributed by atoms with E-state index in [-0.39, 0.29) is 55.3 Å².